The van der Waals surface area contributed by atoms with Crippen molar-refractivity contribution in [2.75, 3.05) is 13.1 Å². The van der Waals surface area contributed by atoms with Crippen LogP contribution in [-0.2, 0) is 6.54 Å². The Kier molecular flexibility index (Phi) is 7.61. The third-order valence-electron chi connectivity index (χ3n) is 6.26. The van der Waals surface area contributed by atoms with Gasteiger partial charge in [0.25, 0.3) is 11.5 Å². The molecule has 2 heterocycles. The number of amides is 1. The van der Waals surface area contributed by atoms with Crippen LogP contribution in [0.15, 0.2) is 53.3 Å². The van der Waals surface area contributed by atoms with Crippen LogP contribution < -0.4 is 11.3 Å². The number of fused-ring (bicyclic) bond motifs is 1. The Bertz CT molecular complexity index is 1450. The van der Waals surface area contributed by atoms with Crippen LogP contribution in [0.4, 0.5) is 4.39 Å². The zero-order valence-electron chi connectivity index (χ0n) is 20.9. The zero-order chi connectivity index (χ0) is 26.0. The molecule has 7 nitrogen and oxygen atoms in total. The van der Waals surface area contributed by atoms with E-state index < -0.39 is 11.9 Å². The molecule has 0 bridgehead atoms. The smallest absolute Gasteiger partial charge is 0.264 e. The summed E-state index contributed by atoms with van der Waals surface area (Å²) in [5.41, 5.74) is 7.99. The van der Waals surface area contributed by atoms with Crippen molar-refractivity contribution in [2.24, 2.45) is 11.7 Å². The summed E-state index contributed by atoms with van der Waals surface area (Å²) in [5.74, 6) is -0.463. The molecule has 1 amide bonds. The number of hydrogen-bond donors (Lipinski definition) is 1. The minimum atomic E-state index is -0.575. The molecule has 0 saturated carbocycles. The van der Waals surface area contributed by atoms with Gasteiger partial charge >= 0.3 is 0 Å². The summed E-state index contributed by atoms with van der Waals surface area (Å²) in [6.45, 7) is 8.10. The number of carbonyl (C=O) groups is 1. The van der Waals surface area contributed by atoms with E-state index in [0.29, 0.717) is 33.8 Å². The lowest BCUT2D eigenvalue weighted by Gasteiger charge is -2.35. The monoisotopic (exact) mass is 507 g/mol. The molecule has 0 aliphatic rings. The first-order chi connectivity index (χ1) is 17.2. The largest absolute Gasteiger partial charge is 0.329 e. The molecule has 0 fully saturated rings. The van der Waals surface area contributed by atoms with Crippen molar-refractivity contribution in [2.45, 2.75) is 40.3 Å². The van der Waals surface area contributed by atoms with E-state index in [9.17, 15) is 14.0 Å². The van der Waals surface area contributed by atoms with Gasteiger partial charge in [-0.2, -0.15) is 4.37 Å². The van der Waals surface area contributed by atoms with Gasteiger partial charge in [0.2, 0.25) is 0 Å². The van der Waals surface area contributed by atoms with Gasteiger partial charge in [-0.25, -0.2) is 9.37 Å². The number of benzene rings is 2. The highest BCUT2D eigenvalue weighted by Gasteiger charge is 2.33. The lowest BCUT2D eigenvalue weighted by atomic mass is 9.99. The average Bonchev–Trinajstić information content (AvgIpc) is 3.23. The molecule has 188 valence electrons. The fourth-order valence-electron chi connectivity index (χ4n) is 4.42. The summed E-state index contributed by atoms with van der Waals surface area (Å²) >= 11 is 1.17. The van der Waals surface area contributed by atoms with Crippen LogP contribution in [0.25, 0.3) is 10.2 Å². The molecule has 2 aromatic carbocycles. The van der Waals surface area contributed by atoms with E-state index in [-0.39, 0.29) is 36.0 Å². The molecule has 1 unspecified atom stereocenters. The van der Waals surface area contributed by atoms with Crippen molar-refractivity contribution >= 4 is 27.7 Å². The van der Waals surface area contributed by atoms with Crippen LogP contribution >= 0.6 is 11.5 Å². The molecule has 0 aliphatic heterocycles. The maximum absolute atomic E-state index is 14.3. The lowest BCUT2D eigenvalue weighted by molar-refractivity contribution is 0.0612. The predicted molar refractivity (Wildman–Crippen MR) is 141 cm³/mol. The summed E-state index contributed by atoms with van der Waals surface area (Å²) in [7, 11) is 0. The molecular formula is C27H30FN5O2S. The molecule has 36 heavy (non-hydrogen) atoms. The first-order valence-corrected chi connectivity index (χ1v) is 12.7. The Labute approximate surface area is 213 Å². The summed E-state index contributed by atoms with van der Waals surface area (Å²) in [4.78, 5) is 34.5. The Morgan fingerprint density at radius 2 is 1.89 bits per heavy atom. The van der Waals surface area contributed by atoms with E-state index in [1.807, 2.05) is 44.2 Å². The van der Waals surface area contributed by atoms with Crippen molar-refractivity contribution in [1.29, 1.82) is 0 Å². The van der Waals surface area contributed by atoms with Gasteiger partial charge in [0.1, 0.15) is 11.6 Å². The number of carbonyl (C=O) groups excluding carboxylic acids is 1. The minimum Gasteiger partial charge on any atom is -0.329 e. The van der Waals surface area contributed by atoms with Crippen LogP contribution in [0.2, 0.25) is 0 Å². The highest BCUT2D eigenvalue weighted by Crippen LogP contribution is 2.31. The number of nitrogens with zero attached hydrogens (tertiary/aromatic N) is 4. The van der Waals surface area contributed by atoms with E-state index in [1.54, 1.807) is 35.4 Å². The molecule has 9 heteroatoms. The van der Waals surface area contributed by atoms with Crippen LogP contribution in [0.1, 0.15) is 52.9 Å². The SMILES string of the molecule is Cc1ccc(C(=O)N(CCN)C(c2nc3snc(C)c3c(=O)n2Cc2ccccc2)C(C)C)cc1F. The third kappa shape index (κ3) is 4.94. The second kappa shape index (κ2) is 10.7. The first-order valence-electron chi connectivity index (χ1n) is 11.9. The normalized spacial score (nSPS) is 12.3. The molecule has 0 radical (unpaired) electrons. The van der Waals surface area contributed by atoms with E-state index in [0.717, 1.165) is 5.56 Å². The summed E-state index contributed by atoms with van der Waals surface area (Å²) < 4.78 is 20.3. The summed E-state index contributed by atoms with van der Waals surface area (Å²) in [6.07, 6.45) is 0. The van der Waals surface area contributed by atoms with E-state index in [4.69, 9.17) is 10.7 Å². The van der Waals surface area contributed by atoms with Crippen LogP contribution in [0.3, 0.4) is 0 Å². The number of aromatic nitrogens is 3. The van der Waals surface area contributed by atoms with E-state index in [2.05, 4.69) is 4.37 Å². The molecule has 2 N–H and O–H groups in total. The summed E-state index contributed by atoms with van der Waals surface area (Å²) in [5, 5.41) is 0.486. The number of hydrogen-bond acceptors (Lipinski definition) is 6. The van der Waals surface area contributed by atoms with Crippen molar-refractivity contribution in [1.82, 2.24) is 18.8 Å². The van der Waals surface area contributed by atoms with Gasteiger partial charge in [0, 0.05) is 18.7 Å². The second-order valence-corrected chi connectivity index (χ2v) is 9.99. The van der Waals surface area contributed by atoms with Gasteiger partial charge in [-0.15, -0.1) is 0 Å². The molecule has 1 atom stereocenters. The number of halogens is 1. The van der Waals surface area contributed by atoms with Crippen molar-refractivity contribution in [3.8, 4) is 0 Å². The quantitative estimate of drug-likeness (QED) is 0.380. The minimum absolute atomic E-state index is 0.115. The van der Waals surface area contributed by atoms with Crippen LogP contribution in [-0.4, -0.2) is 37.8 Å². The zero-order valence-corrected chi connectivity index (χ0v) is 21.7. The molecule has 0 aliphatic carbocycles. The molecule has 2 aromatic heterocycles. The predicted octanol–water partition coefficient (Wildman–Crippen LogP) is 4.46. The van der Waals surface area contributed by atoms with Gasteiger partial charge in [0.05, 0.1) is 23.7 Å². The summed E-state index contributed by atoms with van der Waals surface area (Å²) in [6, 6.07) is 13.5. The number of nitrogens with two attached hydrogens (primary N) is 1. The van der Waals surface area contributed by atoms with Gasteiger partial charge in [-0.05, 0) is 54.6 Å². The van der Waals surface area contributed by atoms with Crippen molar-refractivity contribution < 1.29 is 9.18 Å². The second-order valence-electron chi connectivity index (χ2n) is 9.24. The van der Waals surface area contributed by atoms with Gasteiger partial charge < -0.3 is 10.6 Å². The van der Waals surface area contributed by atoms with Crippen molar-refractivity contribution in [3.63, 3.8) is 0 Å². The lowest BCUT2D eigenvalue weighted by Crippen LogP contribution is -2.43. The Morgan fingerprint density at radius 1 is 1.17 bits per heavy atom. The topological polar surface area (TPSA) is 94.1 Å². The van der Waals surface area contributed by atoms with Gasteiger partial charge in [-0.3, -0.25) is 14.2 Å². The first kappa shape index (κ1) is 25.7. The van der Waals surface area contributed by atoms with E-state index >= 15 is 0 Å². The van der Waals surface area contributed by atoms with E-state index in [1.165, 1.54) is 17.6 Å². The Balaban J connectivity index is 1.91. The molecule has 0 saturated heterocycles. The van der Waals surface area contributed by atoms with Gasteiger partial charge in [0.15, 0.2) is 4.83 Å². The molecule has 4 rings (SSSR count). The van der Waals surface area contributed by atoms with Crippen LogP contribution in [0.5, 0.6) is 0 Å². The fraction of sp³-hybridized carbons (Fsp3) is 0.333. The maximum atomic E-state index is 14.3. The third-order valence-corrected chi connectivity index (χ3v) is 7.09. The number of aryl methyl sites for hydroxylation is 2. The maximum Gasteiger partial charge on any atom is 0.264 e. The van der Waals surface area contributed by atoms with Gasteiger partial charge in [-0.1, -0.05) is 50.2 Å². The Hall–Kier alpha value is -3.43. The Morgan fingerprint density at radius 3 is 2.53 bits per heavy atom. The standard InChI is InChI=1S/C27H30FN5O2S/c1-16(2)23(32(13-12-29)26(34)20-11-10-17(3)21(28)14-20)24-30-25-22(18(4)31-36-25)27(35)33(24)15-19-8-6-5-7-9-19/h5-11,14,16,23H,12-13,15,29H2,1-4H3. The van der Waals surface area contributed by atoms with Crippen LogP contribution in [0, 0.1) is 25.6 Å². The molecule has 4 aromatic rings. The number of rotatable bonds is 8. The highest BCUT2D eigenvalue weighted by molar-refractivity contribution is 7.12. The highest BCUT2D eigenvalue weighted by atomic mass is 32.1. The fourth-order valence-corrected chi connectivity index (χ4v) is 5.20. The molecular weight excluding hydrogens is 477 g/mol. The average molecular weight is 508 g/mol. The van der Waals surface area contributed by atoms with Crippen molar-refractivity contribution in [3.05, 3.63) is 92.9 Å². The molecule has 0 spiro atoms.